The van der Waals surface area contributed by atoms with Crippen molar-refractivity contribution >= 4 is 46.3 Å². The highest BCUT2D eigenvalue weighted by molar-refractivity contribution is 7.15. The van der Waals surface area contributed by atoms with Gasteiger partial charge in [-0.1, -0.05) is 41.9 Å². The van der Waals surface area contributed by atoms with Gasteiger partial charge in [0.15, 0.2) is 5.75 Å². The molecule has 0 saturated heterocycles. The lowest BCUT2D eigenvalue weighted by Crippen LogP contribution is -2.19. The van der Waals surface area contributed by atoms with Crippen LogP contribution >= 0.6 is 22.9 Å². The molecule has 9 heteroatoms. The molecule has 0 bridgehead atoms. The van der Waals surface area contributed by atoms with Gasteiger partial charge < -0.3 is 20.5 Å². The number of aryl methyl sites for hydroxylation is 1. The van der Waals surface area contributed by atoms with E-state index in [1.807, 2.05) is 54.6 Å². The van der Waals surface area contributed by atoms with Crippen LogP contribution in [0.3, 0.4) is 0 Å². The standard InChI is InChI=1S/C26H22ClN3O4S/c27-18-11-14-21(22(15-18)34-20-5-2-1-3-6-20)30-26(33)29-19-12-9-17(10-13-19)23-16-28-24(35-23)7-4-8-25(31)32/h1-3,5-6,9-16H,4,7-8H2,(H,31,32)(H2,29,30,33). The Morgan fingerprint density at radius 3 is 2.51 bits per heavy atom. The van der Waals surface area contributed by atoms with Crippen molar-refractivity contribution < 1.29 is 19.4 Å². The summed E-state index contributed by atoms with van der Waals surface area (Å²) in [5.74, 6) is 0.255. The number of hydrogen-bond acceptors (Lipinski definition) is 5. The molecule has 0 unspecified atom stereocenters. The van der Waals surface area contributed by atoms with Gasteiger partial charge in [-0.25, -0.2) is 9.78 Å². The van der Waals surface area contributed by atoms with Gasteiger partial charge in [0.25, 0.3) is 0 Å². The lowest BCUT2D eigenvalue weighted by atomic mass is 10.2. The Morgan fingerprint density at radius 2 is 1.77 bits per heavy atom. The van der Waals surface area contributed by atoms with Gasteiger partial charge in [-0.2, -0.15) is 0 Å². The van der Waals surface area contributed by atoms with Crippen LogP contribution in [0.25, 0.3) is 10.4 Å². The molecule has 4 rings (SSSR count). The average molecular weight is 508 g/mol. The van der Waals surface area contributed by atoms with E-state index in [-0.39, 0.29) is 6.42 Å². The van der Waals surface area contributed by atoms with Gasteiger partial charge in [0, 0.05) is 29.4 Å². The Balaban J connectivity index is 1.37. The van der Waals surface area contributed by atoms with E-state index >= 15 is 0 Å². The third-order valence-corrected chi connectivity index (χ3v) is 6.27. The van der Waals surface area contributed by atoms with Crippen LogP contribution in [0.4, 0.5) is 16.2 Å². The van der Waals surface area contributed by atoms with Crippen LogP contribution in [0.15, 0.2) is 79.0 Å². The number of aromatic nitrogens is 1. The largest absolute Gasteiger partial charge is 0.481 e. The number of carboxylic acid groups (broad SMARTS) is 1. The Bertz CT molecular complexity index is 1310. The van der Waals surface area contributed by atoms with Gasteiger partial charge in [0.2, 0.25) is 0 Å². The van der Waals surface area contributed by atoms with Crippen LogP contribution in [-0.2, 0) is 11.2 Å². The number of nitrogens with zero attached hydrogens (tertiary/aromatic N) is 1. The molecule has 4 aromatic rings. The minimum atomic E-state index is -0.801. The van der Waals surface area contributed by atoms with Gasteiger partial charge in [0.05, 0.1) is 15.6 Å². The lowest BCUT2D eigenvalue weighted by molar-refractivity contribution is -0.137. The maximum absolute atomic E-state index is 12.6. The highest BCUT2D eigenvalue weighted by atomic mass is 35.5. The van der Waals surface area contributed by atoms with Gasteiger partial charge in [-0.15, -0.1) is 11.3 Å². The summed E-state index contributed by atoms with van der Waals surface area (Å²) in [6, 6.07) is 21.2. The molecule has 0 aliphatic carbocycles. The first-order chi connectivity index (χ1) is 17.0. The minimum absolute atomic E-state index is 0.132. The van der Waals surface area contributed by atoms with Crippen molar-refractivity contribution in [2.45, 2.75) is 19.3 Å². The van der Waals surface area contributed by atoms with Crippen molar-refractivity contribution in [2.75, 3.05) is 10.6 Å². The van der Waals surface area contributed by atoms with Crippen LogP contribution < -0.4 is 15.4 Å². The summed E-state index contributed by atoms with van der Waals surface area (Å²) in [6.07, 6.45) is 3.11. The second kappa shape index (κ2) is 11.5. The van der Waals surface area contributed by atoms with Gasteiger partial charge >= 0.3 is 12.0 Å². The zero-order valence-electron chi connectivity index (χ0n) is 18.5. The molecule has 178 valence electrons. The number of carbonyl (C=O) groups is 2. The van der Waals surface area contributed by atoms with E-state index < -0.39 is 12.0 Å². The van der Waals surface area contributed by atoms with Gasteiger partial charge in [-0.05, 0) is 54.8 Å². The highest BCUT2D eigenvalue weighted by Crippen LogP contribution is 2.32. The van der Waals surface area contributed by atoms with Gasteiger partial charge in [0.1, 0.15) is 5.75 Å². The molecule has 0 saturated carbocycles. The topological polar surface area (TPSA) is 101 Å². The molecular weight excluding hydrogens is 486 g/mol. The molecule has 1 aromatic heterocycles. The van der Waals surface area contributed by atoms with E-state index in [0.29, 0.717) is 40.7 Å². The Hall–Kier alpha value is -3.88. The maximum Gasteiger partial charge on any atom is 0.323 e. The van der Waals surface area contributed by atoms with Crippen molar-refractivity contribution in [3.05, 3.63) is 89.0 Å². The lowest BCUT2D eigenvalue weighted by Gasteiger charge is -2.13. The number of aliphatic carboxylic acids is 1. The van der Waals surface area contributed by atoms with Gasteiger partial charge in [-0.3, -0.25) is 4.79 Å². The fourth-order valence-corrected chi connectivity index (χ4v) is 4.38. The average Bonchev–Trinajstić information content (AvgIpc) is 3.31. The molecule has 3 aromatic carbocycles. The van der Waals surface area contributed by atoms with E-state index in [0.717, 1.165) is 15.4 Å². The number of anilines is 2. The first kappa shape index (κ1) is 24.3. The monoisotopic (exact) mass is 507 g/mol. The molecular formula is C26H22ClN3O4S. The summed E-state index contributed by atoms with van der Waals surface area (Å²) in [6.45, 7) is 0. The third kappa shape index (κ3) is 7.05. The number of nitrogens with one attached hydrogen (secondary N) is 2. The molecule has 0 aliphatic rings. The number of ether oxygens (including phenoxy) is 1. The highest BCUT2D eigenvalue weighted by Gasteiger charge is 2.11. The fraction of sp³-hybridized carbons (Fsp3) is 0.115. The smallest absolute Gasteiger partial charge is 0.323 e. The zero-order valence-corrected chi connectivity index (χ0v) is 20.1. The Kier molecular flexibility index (Phi) is 7.97. The van der Waals surface area contributed by atoms with Crippen LogP contribution in [0, 0.1) is 0 Å². The van der Waals surface area contributed by atoms with Crippen LogP contribution in [0.5, 0.6) is 11.5 Å². The predicted octanol–water partition coefficient (Wildman–Crippen LogP) is 7.31. The minimum Gasteiger partial charge on any atom is -0.481 e. The molecule has 0 aliphatic heterocycles. The van der Waals surface area contributed by atoms with Crippen molar-refractivity contribution in [3.8, 4) is 21.9 Å². The summed E-state index contributed by atoms with van der Waals surface area (Å²) in [5, 5.41) is 15.8. The van der Waals surface area contributed by atoms with Crippen molar-refractivity contribution in [1.29, 1.82) is 0 Å². The Labute approximate surface area is 211 Å². The number of carbonyl (C=O) groups excluding carboxylic acids is 1. The summed E-state index contributed by atoms with van der Waals surface area (Å²) in [5.41, 5.74) is 2.07. The van der Waals surface area contributed by atoms with Crippen molar-refractivity contribution in [2.24, 2.45) is 0 Å². The number of rotatable bonds is 9. The molecule has 2 amide bonds. The number of amides is 2. The van der Waals surface area contributed by atoms with Crippen LogP contribution in [-0.4, -0.2) is 22.1 Å². The number of carboxylic acids is 1. The molecule has 0 fully saturated rings. The molecule has 3 N–H and O–H groups in total. The summed E-state index contributed by atoms with van der Waals surface area (Å²) >= 11 is 7.65. The number of thiazole rings is 1. The second-order valence-electron chi connectivity index (χ2n) is 7.58. The molecule has 1 heterocycles. The van der Waals surface area contributed by atoms with Crippen molar-refractivity contribution in [3.63, 3.8) is 0 Å². The molecule has 7 nitrogen and oxygen atoms in total. The predicted molar refractivity (Wildman–Crippen MR) is 139 cm³/mol. The first-order valence-corrected chi connectivity index (χ1v) is 12.0. The third-order valence-electron chi connectivity index (χ3n) is 4.93. The molecule has 0 radical (unpaired) electrons. The number of halogens is 1. The number of urea groups is 1. The fourth-order valence-electron chi connectivity index (χ4n) is 3.25. The summed E-state index contributed by atoms with van der Waals surface area (Å²) in [7, 11) is 0. The Morgan fingerprint density at radius 1 is 1.00 bits per heavy atom. The van der Waals surface area contributed by atoms with E-state index in [9.17, 15) is 9.59 Å². The number of para-hydroxylation sites is 1. The van der Waals surface area contributed by atoms with Crippen molar-refractivity contribution in [1.82, 2.24) is 4.98 Å². The molecule has 0 spiro atoms. The van der Waals surface area contributed by atoms with E-state index in [1.165, 1.54) is 11.3 Å². The van der Waals surface area contributed by atoms with E-state index in [2.05, 4.69) is 15.6 Å². The SMILES string of the molecule is O=C(O)CCCc1ncc(-c2ccc(NC(=O)Nc3ccc(Cl)cc3Oc3ccccc3)cc2)s1. The normalized spacial score (nSPS) is 10.5. The zero-order chi connectivity index (χ0) is 24.6. The number of hydrogen-bond donors (Lipinski definition) is 3. The summed E-state index contributed by atoms with van der Waals surface area (Å²) < 4.78 is 5.88. The summed E-state index contributed by atoms with van der Waals surface area (Å²) in [4.78, 5) is 28.6. The van der Waals surface area contributed by atoms with Crippen LogP contribution in [0.2, 0.25) is 5.02 Å². The van der Waals surface area contributed by atoms with E-state index in [1.54, 1.807) is 24.4 Å². The molecule has 35 heavy (non-hydrogen) atoms. The maximum atomic E-state index is 12.6. The second-order valence-corrected chi connectivity index (χ2v) is 9.13. The quantitative estimate of drug-likeness (QED) is 0.220. The molecule has 0 atom stereocenters. The first-order valence-electron chi connectivity index (χ1n) is 10.8. The van der Waals surface area contributed by atoms with E-state index in [4.69, 9.17) is 21.4 Å². The van der Waals surface area contributed by atoms with Crippen LogP contribution in [0.1, 0.15) is 17.8 Å². The number of benzene rings is 3.